The van der Waals surface area contributed by atoms with E-state index in [4.69, 9.17) is 4.42 Å². The Morgan fingerprint density at radius 1 is 0.963 bits per heavy atom. The first-order valence-corrected chi connectivity index (χ1v) is 9.02. The van der Waals surface area contributed by atoms with Crippen molar-refractivity contribution < 1.29 is 8.98 Å². The molecule has 0 amide bonds. The summed E-state index contributed by atoms with van der Waals surface area (Å²) in [5.41, 5.74) is 6.54. The maximum absolute atomic E-state index is 6.02. The minimum atomic E-state index is 0.903. The second-order valence-electron chi connectivity index (χ2n) is 6.99. The summed E-state index contributed by atoms with van der Waals surface area (Å²) in [4.78, 5) is 4.53. The largest absolute Gasteiger partial charge is 0.450 e. The molecule has 0 N–H and O–H groups in total. The number of nitrogens with zero attached hydrogens (tertiary/aromatic N) is 3. The molecule has 0 saturated heterocycles. The third-order valence-electron chi connectivity index (χ3n) is 5.31. The van der Waals surface area contributed by atoms with Gasteiger partial charge in [-0.3, -0.25) is 0 Å². The van der Waals surface area contributed by atoms with E-state index in [1.807, 2.05) is 31.6 Å². The highest BCUT2D eigenvalue weighted by atomic mass is 16.3. The van der Waals surface area contributed by atoms with Gasteiger partial charge in [0.05, 0.1) is 0 Å². The fraction of sp³-hybridized carbons (Fsp3) is 0.130. The molecule has 0 aliphatic heterocycles. The van der Waals surface area contributed by atoms with Crippen LogP contribution in [0.2, 0.25) is 0 Å². The van der Waals surface area contributed by atoms with Crippen molar-refractivity contribution in [3.63, 3.8) is 0 Å². The number of para-hydroxylation sites is 1. The van der Waals surface area contributed by atoms with E-state index in [0.717, 1.165) is 39.0 Å². The highest BCUT2D eigenvalue weighted by Gasteiger charge is 2.20. The van der Waals surface area contributed by atoms with E-state index in [2.05, 4.69) is 70.7 Å². The standard InChI is InChI=1S/C23H20N3O/c1-15-16(8-6-9-17(15)23-24-11-12-25(23)2)20-13-19-18-7-4-5-10-21(18)27-22(19)14-26(20)3/h4-14H,1-3H3/q+1. The number of aromatic nitrogens is 3. The topological polar surface area (TPSA) is 34.8 Å². The molecular formula is C23H20N3O+. The molecule has 2 aromatic carbocycles. The maximum Gasteiger partial charge on any atom is 0.213 e. The van der Waals surface area contributed by atoms with Crippen molar-refractivity contribution in [1.82, 2.24) is 9.55 Å². The fourth-order valence-corrected chi connectivity index (χ4v) is 3.86. The minimum absolute atomic E-state index is 0.903. The first-order valence-electron chi connectivity index (χ1n) is 9.02. The van der Waals surface area contributed by atoms with Gasteiger partial charge in [-0.1, -0.05) is 30.3 Å². The van der Waals surface area contributed by atoms with Crippen LogP contribution in [0, 0.1) is 6.92 Å². The summed E-state index contributed by atoms with van der Waals surface area (Å²) in [6.45, 7) is 2.16. The Morgan fingerprint density at radius 3 is 2.59 bits per heavy atom. The zero-order chi connectivity index (χ0) is 18.5. The van der Waals surface area contributed by atoms with Gasteiger partial charge < -0.3 is 8.98 Å². The average Bonchev–Trinajstić information content (AvgIpc) is 3.24. The Hall–Kier alpha value is -3.40. The fourth-order valence-electron chi connectivity index (χ4n) is 3.86. The van der Waals surface area contributed by atoms with Crippen molar-refractivity contribution in [2.75, 3.05) is 0 Å². The van der Waals surface area contributed by atoms with Gasteiger partial charge in [-0.2, -0.15) is 4.57 Å². The molecule has 132 valence electrons. The zero-order valence-electron chi connectivity index (χ0n) is 15.6. The van der Waals surface area contributed by atoms with Crippen LogP contribution in [0.1, 0.15) is 5.56 Å². The lowest BCUT2D eigenvalue weighted by Crippen LogP contribution is -2.30. The van der Waals surface area contributed by atoms with Gasteiger partial charge in [0.1, 0.15) is 18.5 Å². The number of rotatable bonds is 2. The van der Waals surface area contributed by atoms with Crippen LogP contribution < -0.4 is 4.57 Å². The number of benzene rings is 2. The molecule has 0 unspecified atom stereocenters. The molecule has 4 nitrogen and oxygen atoms in total. The Morgan fingerprint density at radius 2 is 1.78 bits per heavy atom. The molecule has 27 heavy (non-hydrogen) atoms. The van der Waals surface area contributed by atoms with Crippen molar-refractivity contribution in [2.24, 2.45) is 14.1 Å². The molecule has 5 aromatic rings. The van der Waals surface area contributed by atoms with Crippen LogP contribution >= 0.6 is 0 Å². The summed E-state index contributed by atoms with van der Waals surface area (Å²) < 4.78 is 10.2. The lowest BCUT2D eigenvalue weighted by Gasteiger charge is -2.10. The molecule has 3 aromatic heterocycles. The van der Waals surface area contributed by atoms with Crippen molar-refractivity contribution in [3.8, 4) is 22.6 Å². The molecule has 3 heterocycles. The number of hydrogen-bond acceptors (Lipinski definition) is 2. The lowest BCUT2D eigenvalue weighted by atomic mass is 9.98. The van der Waals surface area contributed by atoms with E-state index in [1.54, 1.807) is 0 Å². The molecular weight excluding hydrogens is 334 g/mol. The van der Waals surface area contributed by atoms with E-state index in [9.17, 15) is 0 Å². The zero-order valence-corrected chi connectivity index (χ0v) is 15.6. The van der Waals surface area contributed by atoms with Crippen LogP contribution in [0.15, 0.2) is 71.5 Å². The molecule has 4 heteroatoms. The number of furan rings is 1. The molecule has 5 rings (SSSR count). The lowest BCUT2D eigenvalue weighted by molar-refractivity contribution is -0.659. The number of hydrogen-bond donors (Lipinski definition) is 0. The number of pyridine rings is 1. The predicted molar refractivity (Wildman–Crippen MR) is 107 cm³/mol. The van der Waals surface area contributed by atoms with E-state index in [1.165, 1.54) is 11.1 Å². The number of imidazole rings is 1. The van der Waals surface area contributed by atoms with Gasteiger partial charge in [-0.25, -0.2) is 4.98 Å². The molecule has 0 radical (unpaired) electrons. The Bertz CT molecular complexity index is 1310. The first-order chi connectivity index (χ1) is 13.1. The van der Waals surface area contributed by atoms with Crippen LogP contribution in [0.3, 0.4) is 0 Å². The van der Waals surface area contributed by atoms with Crippen LogP contribution in [0.5, 0.6) is 0 Å². The number of fused-ring (bicyclic) bond motifs is 3. The Balaban J connectivity index is 1.77. The molecule has 0 bridgehead atoms. The minimum Gasteiger partial charge on any atom is -0.450 e. The van der Waals surface area contributed by atoms with Crippen molar-refractivity contribution in [3.05, 3.63) is 72.7 Å². The van der Waals surface area contributed by atoms with Gasteiger partial charge in [-0.05, 0) is 24.6 Å². The molecule has 0 aliphatic carbocycles. The normalized spacial score (nSPS) is 11.5. The van der Waals surface area contributed by atoms with Gasteiger partial charge in [0, 0.05) is 47.4 Å². The average molecular weight is 354 g/mol. The summed E-state index contributed by atoms with van der Waals surface area (Å²) in [5, 5.41) is 2.28. The summed E-state index contributed by atoms with van der Waals surface area (Å²) in [6, 6.07) is 16.8. The van der Waals surface area contributed by atoms with Gasteiger partial charge in [0.2, 0.25) is 11.9 Å². The van der Waals surface area contributed by atoms with Gasteiger partial charge in [0.25, 0.3) is 0 Å². The summed E-state index contributed by atoms with van der Waals surface area (Å²) in [6.07, 6.45) is 5.88. The predicted octanol–water partition coefficient (Wildman–Crippen LogP) is 4.79. The van der Waals surface area contributed by atoms with Gasteiger partial charge >= 0.3 is 0 Å². The second-order valence-corrected chi connectivity index (χ2v) is 6.99. The second kappa shape index (κ2) is 5.81. The summed E-state index contributed by atoms with van der Waals surface area (Å²) in [5.74, 6) is 0.979. The van der Waals surface area contributed by atoms with Gasteiger partial charge in [0.15, 0.2) is 5.58 Å². The Labute approximate surface area is 157 Å². The molecule has 0 saturated carbocycles. The van der Waals surface area contributed by atoms with Crippen molar-refractivity contribution in [2.45, 2.75) is 6.92 Å². The highest BCUT2D eigenvalue weighted by molar-refractivity contribution is 6.05. The third-order valence-corrected chi connectivity index (χ3v) is 5.31. The maximum atomic E-state index is 6.02. The van der Waals surface area contributed by atoms with Crippen LogP contribution in [0.4, 0.5) is 0 Å². The van der Waals surface area contributed by atoms with E-state index in [-0.39, 0.29) is 0 Å². The monoisotopic (exact) mass is 354 g/mol. The van der Waals surface area contributed by atoms with Crippen molar-refractivity contribution >= 4 is 21.9 Å². The van der Waals surface area contributed by atoms with Gasteiger partial charge in [-0.15, -0.1) is 0 Å². The quantitative estimate of drug-likeness (QED) is 0.427. The smallest absolute Gasteiger partial charge is 0.213 e. The molecule has 0 fully saturated rings. The van der Waals surface area contributed by atoms with E-state index in [0.29, 0.717) is 0 Å². The van der Waals surface area contributed by atoms with Crippen molar-refractivity contribution in [1.29, 1.82) is 0 Å². The summed E-state index contributed by atoms with van der Waals surface area (Å²) >= 11 is 0. The first kappa shape index (κ1) is 15.8. The van der Waals surface area contributed by atoms with Crippen LogP contribution in [0.25, 0.3) is 44.6 Å². The molecule has 0 spiro atoms. The van der Waals surface area contributed by atoms with E-state index < -0.39 is 0 Å². The van der Waals surface area contributed by atoms with E-state index >= 15 is 0 Å². The number of aryl methyl sites for hydroxylation is 2. The molecule has 0 atom stereocenters. The Kier molecular flexibility index (Phi) is 3.41. The molecule has 0 aliphatic rings. The third kappa shape index (κ3) is 2.37. The summed E-state index contributed by atoms with van der Waals surface area (Å²) in [7, 11) is 4.09. The SMILES string of the molecule is Cc1c(-c2nccn2C)cccc1-c1cc2c(c[n+]1C)oc1ccccc12. The highest BCUT2D eigenvalue weighted by Crippen LogP contribution is 2.33. The van der Waals surface area contributed by atoms with Crippen LogP contribution in [-0.4, -0.2) is 9.55 Å². The van der Waals surface area contributed by atoms with Crippen LogP contribution in [-0.2, 0) is 14.1 Å².